The van der Waals surface area contributed by atoms with Crippen LogP contribution in [-0.4, -0.2) is 42.5 Å². The van der Waals surface area contributed by atoms with Gasteiger partial charge < -0.3 is 15.8 Å². The number of carbonyl (C=O) groups excluding carboxylic acids is 2. The van der Waals surface area contributed by atoms with Gasteiger partial charge in [0.2, 0.25) is 5.91 Å². The van der Waals surface area contributed by atoms with Crippen molar-refractivity contribution in [1.82, 2.24) is 10.7 Å². The molecule has 0 bridgehead atoms. The zero-order valence-corrected chi connectivity index (χ0v) is 17.8. The number of hydrogen-bond donors (Lipinski definition) is 3. The van der Waals surface area contributed by atoms with E-state index in [9.17, 15) is 9.59 Å². The van der Waals surface area contributed by atoms with Crippen LogP contribution in [-0.2, 0) is 9.53 Å². The van der Waals surface area contributed by atoms with Gasteiger partial charge >= 0.3 is 6.09 Å². The lowest BCUT2D eigenvalue weighted by Crippen LogP contribution is -2.33. The first-order valence-electron chi connectivity index (χ1n) is 9.47. The molecule has 1 fully saturated rings. The molecule has 1 heterocycles. The third-order valence-corrected chi connectivity index (χ3v) is 4.80. The zero-order chi connectivity index (χ0) is 22.5. The molecule has 1 aliphatic rings. The number of rotatable bonds is 6. The Balaban J connectivity index is 1.78. The molecule has 2 aromatic carbocycles. The molecule has 1 aliphatic heterocycles. The highest BCUT2D eigenvalue weighted by molar-refractivity contribution is 7.80. The smallest absolute Gasteiger partial charge is 0.414 e. The third kappa shape index (κ3) is 5.34. The van der Waals surface area contributed by atoms with E-state index in [1.54, 1.807) is 49.5 Å². The molecule has 162 valence electrons. The van der Waals surface area contributed by atoms with E-state index < -0.39 is 18.0 Å². The molecule has 0 radical (unpaired) electrons. The van der Waals surface area contributed by atoms with Gasteiger partial charge in [0, 0.05) is 18.1 Å². The van der Waals surface area contributed by atoms with Crippen molar-refractivity contribution in [3.05, 3.63) is 53.3 Å². The molecule has 0 unspecified atom stereocenters. The number of carbonyl (C=O) groups is 2. The summed E-state index contributed by atoms with van der Waals surface area (Å²) in [5.41, 5.74) is 10.4. The second kappa shape index (κ2) is 9.52. The maximum absolute atomic E-state index is 15.2. The lowest BCUT2D eigenvalue weighted by Gasteiger charge is -2.18. The average Bonchev–Trinajstić information content (AvgIpc) is 3.09. The van der Waals surface area contributed by atoms with Crippen molar-refractivity contribution >= 4 is 41.2 Å². The molecule has 2 amide bonds. The first-order chi connectivity index (χ1) is 14.8. The van der Waals surface area contributed by atoms with Gasteiger partial charge in [-0.1, -0.05) is 24.3 Å². The SMILES string of the molecule is CC(=O)NC[C@H]1CN(c2ccc(-c3ccc(C=NNC(N)=S)cc3)c(F)c2C)C(=O)O1. The number of nitrogens with two attached hydrogens (primary N) is 1. The Bertz CT molecular complexity index is 1040. The van der Waals surface area contributed by atoms with Crippen LogP contribution in [0.1, 0.15) is 18.1 Å². The lowest BCUT2D eigenvalue weighted by molar-refractivity contribution is -0.119. The van der Waals surface area contributed by atoms with Crippen molar-refractivity contribution in [2.45, 2.75) is 20.0 Å². The number of hydrazone groups is 1. The van der Waals surface area contributed by atoms with Crippen molar-refractivity contribution in [3.8, 4) is 11.1 Å². The zero-order valence-electron chi connectivity index (χ0n) is 17.0. The summed E-state index contributed by atoms with van der Waals surface area (Å²) in [5, 5.41) is 6.56. The molecule has 2 aromatic rings. The highest BCUT2D eigenvalue weighted by atomic mass is 32.1. The van der Waals surface area contributed by atoms with Gasteiger partial charge in [-0.05, 0) is 42.4 Å². The van der Waals surface area contributed by atoms with E-state index in [1.807, 2.05) is 0 Å². The molecule has 0 saturated carbocycles. The minimum absolute atomic E-state index is 0.0637. The number of thiocarbonyl (C=S) groups is 1. The maximum atomic E-state index is 15.2. The highest BCUT2D eigenvalue weighted by Gasteiger charge is 2.33. The second-order valence-electron chi connectivity index (χ2n) is 6.98. The largest absolute Gasteiger partial charge is 0.442 e. The molecule has 3 rings (SSSR count). The fraction of sp³-hybridized carbons (Fsp3) is 0.238. The lowest BCUT2D eigenvalue weighted by atomic mass is 10.00. The molecule has 8 nitrogen and oxygen atoms in total. The first-order valence-corrected chi connectivity index (χ1v) is 9.87. The maximum Gasteiger partial charge on any atom is 0.414 e. The van der Waals surface area contributed by atoms with E-state index in [0.717, 1.165) is 5.56 Å². The Hall–Kier alpha value is -3.53. The topological polar surface area (TPSA) is 109 Å². The summed E-state index contributed by atoms with van der Waals surface area (Å²) in [4.78, 5) is 24.7. The van der Waals surface area contributed by atoms with Gasteiger partial charge in [-0.15, -0.1) is 0 Å². The number of anilines is 1. The van der Waals surface area contributed by atoms with E-state index in [0.29, 0.717) is 22.4 Å². The van der Waals surface area contributed by atoms with Gasteiger partial charge in [0.25, 0.3) is 0 Å². The minimum atomic E-state index is -0.570. The quantitative estimate of drug-likeness (QED) is 0.359. The van der Waals surface area contributed by atoms with Crippen LogP contribution in [0.15, 0.2) is 41.5 Å². The predicted molar refractivity (Wildman–Crippen MR) is 120 cm³/mol. The molecule has 0 spiro atoms. The Morgan fingerprint density at radius 1 is 1.35 bits per heavy atom. The molecule has 4 N–H and O–H groups in total. The van der Waals surface area contributed by atoms with Crippen LogP contribution in [0.3, 0.4) is 0 Å². The van der Waals surface area contributed by atoms with Crippen molar-refractivity contribution in [1.29, 1.82) is 0 Å². The van der Waals surface area contributed by atoms with Crippen LogP contribution in [0.5, 0.6) is 0 Å². The van der Waals surface area contributed by atoms with Crippen LogP contribution < -0.4 is 21.4 Å². The van der Waals surface area contributed by atoms with Crippen molar-refractivity contribution in [3.63, 3.8) is 0 Å². The number of nitrogens with one attached hydrogen (secondary N) is 2. The summed E-state index contributed by atoms with van der Waals surface area (Å²) in [6.07, 6.45) is 0.486. The number of hydrogen-bond acceptors (Lipinski definition) is 5. The van der Waals surface area contributed by atoms with E-state index in [1.165, 1.54) is 11.8 Å². The van der Waals surface area contributed by atoms with Gasteiger partial charge in [-0.2, -0.15) is 5.10 Å². The van der Waals surface area contributed by atoms with E-state index in [2.05, 4.69) is 28.1 Å². The summed E-state index contributed by atoms with van der Waals surface area (Å²) < 4.78 is 20.4. The van der Waals surface area contributed by atoms with E-state index in [-0.39, 0.29) is 24.1 Å². The Kier molecular flexibility index (Phi) is 6.81. The standard InChI is InChI=1S/C21H22FN5O3S/c1-12-18(27-11-16(30-21(27)29)10-24-13(2)28)8-7-17(19(12)22)15-5-3-14(4-6-15)9-25-26-20(23)31/h3-9,16H,10-11H2,1-2H3,(H,24,28)(H3,23,26,31)/t16-/m0/s1. The van der Waals surface area contributed by atoms with Crippen LogP contribution in [0.2, 0.25) is 0 Å². The molecule has 0 aliphatic carbocycles. The minimum Gasteiger partial charge on any atom is -0.442 e. The van der Waals surface area contributed by atoms with Crippen molar-refractivity contribution < 1.29 is 18.7 Å². The fourth-order valence-electron chi connectivity index (χ4n) is 3.19. The number of halogens is 1. The predicted octanol–water partition coefficient (Wildman–Crippen LogP) is 2.43. The molecule has 1 saturated heterocycles. The second-order valence-corrected chi connectivity index (χ2v) is 7.42. The highest BCUT2D eigenvalue weighted by Crippen LogP contribution is 2.33. The fourth-order valence-corrected chi connectivity index (χ4v) is 3.24. The Labute approximate surface area is 184 Å². The van der Waals surface area contributed by atoms with Crippen LogP contribution in [0, 0.1) is 12.7 Å². The Morgan fingerprint density at radius 3 is 2.71 bits per heavy atom. The molecule has 0 aromatic heterocycles. The first kappa shape index (κ1) is 22.2. The molecule has 1 atom stereocenters. The van der Waals surface area contributed by atoms with Crippen LogP contribution in [0.25, 0.3) is 11.1 Å². The van der Waals surface area contributed by atoms with Gasteiger partial charge in [0.15, 0.2) is 5.11 Å². The monoisotopic (exact) mass is 443 g/mol. The summed E-state index contributed by atoms with van der Waals surface area (Å²) in [6.45, 7) is 3.44. The summed E-state index contributed by atoms with van der Waals surface area (Å²) in [7, 11) is 0. The number of nitrogens with zero attached hydrogens (tertiary/aromatic N) is 2. The van der Waals surface area contributed by atoms with Gasteiger partial charge in [-0.3, -0.25) is 15.1 Å². The van der Waals surface area contributed by atoms with Crippen LogP contribution in [0.4, 0.5) is 14.9 Å². The molecular formula is C21H22FN5O3S. The normalized spacial score (nSPS) is 15.8. The third-order valence-electron chi connectivity index (χ3n) is 4.71. The van der Waals surface area contributed by atoms with E-state index in [4.69, 9.17) is 10.5 Å². The Morgan fingerprint density at radius 2 is 2.06 bits per heavy atom. The molecular weight excluding hydrogens is 421 g/mol. The van der Waals surface area contributed by atoms with Crippen LogP contribution >= 0.6 is 12.2 Å². The van der Waals surface area contributed by atoms with E-state index >= 15 is 4.39 Å². The van der Waals surface area contributed by atoms with Gasteiger partial charge in [0.05, 0.1) is 25.0 Å². The summed E-state index contributed by atoms with van der Waals surface area (Å²) in [6, 6.07) is 10.4. The van der Waals surface area contributed by atoms with Gasteiger partial charge in [-0.25, -0.2) is 9.18 Å². The average molecular weight is 444 g/mol. The summed E-state index contributed by atoms with van der Waals surface area (Å²) in [5.74, 6) is -0.635. The van der Waals surface area contributed by atoms with Crippen molar-refractivity contribution in [2.75, 3.05) is 18.0 Å². The van der Waals surface area contributed by atoms with Crippen molar-refractivity contribution in [2.24, 2.45) is 10.8 Å². The molecule has 31 heavy (non-hydrogen) atoms. The molecule has 10 heteroatoms. The summed E-state index contributed by atoms with van der Waals surface area (Å²) >= 11 is 4.67. The number of benzene rings is 2. The number of amides is 2. The number of ether oxygens (including phenoxy) is 1. The number of cyclic esters (lactones) is 1. The van der Waals surface area contributed by atoms with Gasteiger partial charge in [0.1, 0.15) is 11.9 Å².